The van der Waals surface area contributed by atoms with E-state index in [1.54, 1.807) is 12.1 Å². The molecule has 6 rings (SSSR count). The highest BCUT2D eigenvalue weighted by atomic mass is 35.5. The van der Waals surface area contributed by atoms with Crippen molar-refractivity contribution in [1.82, 2.24) is 19.8 Å². The second-order valence-corrected chi connectivity index (χ2v) is 13.2. The Kier molecular flexibility index (Phi) is 5.73. The van der Waals surface area contributed by atoms with E-state index in [9.17, 15) is 27.9 Å². The van der Waals surface area contributed by atoms with Gasteiger partial charge in [-0.25, -0.2) is 22.7 Å². The Hall–Kier alpha value is -2.37. The second-order valence-electron chi connectivity index (χ2n) is 10.8. The largest absolute Gasteiger partial charge is 0.465 e. The first-order valence-corrected chi connectivity index (χ1v) is 14.5. The number of sulfonamides is 1. The molecule has 10 nitrogen and oxygen atoms in total. The molecule has 2 heterocycles. The Morgan fingerprint density at radius 2 is 1.86 bits per heavy atom. The first-order valence-electron chi connectivity index (χ1n) is 12.5. The van der Waals surface area contributed by atoms with Crippen LogP contribution in [0, 0.1) is 17.8 Å². The van der Waals surface area contributed by atoms with Crippen LogP contribution in [0.5, 0.6) is 0 Å². The Morgan fingerprint density at radius 1 is 1.11 bits per heavy atom. The maximum atomic E-state index is 13.7. The van der Waals surface area contributed by atoms with E-state index in [0.717, 1.165) is 28.9 Å². The second kappa shape index (κ2) is 8.59. The quantitative estimate of drug-likeness (QED) is 0.508. The highest BCUT2D eigenvalue weighted by Gasteiger charge is 2.55. The van der Waals surface area contributed by atoms with Crippen molar-refractivity contribution in [2.45, 2.75) is 68.4 Å². The molecule has 0 bridgehead atoms. The van der Waals surface area contributed by atoms with Crippen LogP contribution in [0.15, 0.2) is 18.2 Å². The number of carbonyl (C=O) groups is 3. The zero-order valence-corrected chi connectivity index (χ0v) is 21.2. The minimum Gasteiger partial charge on any atom is -0.465 e. The molecule has 194 valence electrons. The molecule has 4 fully saturated rings. The van der Waals surface area contributed by atoms with Gasteiger partial charge in [0.15, 0.2) is 0 Å². The van der Waals surface area contributed by atoms with Crippen LogP contribution >= 0.6 is 11.6 Å². The highest BCUT2D eigenvalue weighted by molar-refractivity contribution is 7.90. The van der Waals surface area contributed by atoms with Crippen molar-refractivity contribution < 1.29 is 27.9 Å². The predicted molar refractivity (Wildman–Crippen MR) is 130 cm³/mol. The number of imide groups is 1. The number of benzene rings is 1. The van der Waals surface area contributed by atoms with Crippen molar-refractivity contribution in [2.24, 2.45) is 17.8 Å². The molecule has 1 saturated heterocycles. The maximum absolute atomic E-state index is 13.7. The predicted octanol–water partition coefficient (Wildman–Crippen LogP) is 2.68. The lowest BCUT2D eigenvalue weighted by Crippen LogP contribution is -2.53. The van der Waals surface area contributed by atoms with Gasteiger partial charge < -0.3 is 10.4 Å². The SMILES string of the molecule is O=C(O)N1Cc2c(Cl)cccc2C1[C@H]1CN[C@H](C(=O)N(C(=O)NS(=O)(=O)C2CC2)C2CC2C2CC2)C1. The lowest BCUT2D eigenvalue weighted by atomic mass is 9.90. The van der Waals surface area contributed by atoms with Crippen molar-refractivity contribution in [3.63, 3.8) is 0 Å². The van der Waals surface area contributed by atoms with Crippen LogP contribution in [-0.4, -0.2) is 65.2 Å². The number of hydrogen-bond acceptors (Lipinski definition) is 6. The van der Waals surface area contributed by atoms with Crippen LogP contribution in [0.2, 0.25) is 5.02 Å². The van der Waals surface area contributed by atoms with Gasteiger partial charge in [-0.1, -0.05) is 23.7 Å². The number of urea groups is 1. The Labute approximate surface area is 214 Å². The molecule has 12 heteroatoms. The number of hydrogen-bond donors (Lipinski definition) is 3. The van der Waals surface area contributed by atoms with Gasteiger partial charge >= 0.3 is 12.1 Å². The van der Waals surface area contributed by atoms with E-state index in [4.69, 9.17) is 11.6 Å². The fraction of sp³-hybridized carbons (Fsp3) is 0.625. The van der Waals surface area contributed by atoms with Gasteiger partial charge in [0.05, 0.1) is 23.9 Å². The van der Waals surface area contributed by atoms with Crippen LogP contribution in [0.4, 0.5) is 9.59 Å². The molecular formula is C24H29ClN4O6S. The number of nitrogens with one attached hydrogen (secondary N) is 2. The fourth-order valence-electron chi connectivity index (χ4n) is 6.09. The minimum absolute atomic E-state index is 0.183. The molecule has 3 aliphatic carbocycles. The van der Waals surface area contributed by atoms with Crippen molar-refractivity contribution in [1.29, 1.82) is 0 Å². The van der Waals surface area contributed by atoms with E-state index < -0.39 is 45.4 Å². The van der Waals surface area contributed by atoms with Crippen LogP contribution in [0.3, 0.4) is 0 Å². The summed E-state index contributed by atoms with van der Waals surface area (Å²) in [5, 5.41) is 13.0. The van der Waals surface area contributed by atoms with Crippen LogP contribution < -0.4 is 10.0 Å². The summed E-state index contributed by atoms with van der Waals surface area (Å²) in [6, 6.07) is 3.08. The summed E-state index contributed by atoms with van der Waals surface area (Å²) in [6.07, 6.45) is 3.16. The van der Waals surface area contributed by atoms with Crippen molar-refractivity contribution in [3.05, 3.63) is 34.3 Å². The minimum atomic E-state index is -3.79. The summed E-state index contributed by atoms with van der Waals surface area (Å²) < 4.78 is 27.0. The summed E-state index contributed by atoms with van der Waals surface area (Å²) in [7, 11) is -3.79. The first-order chi connectivity index (χ1) is 17.2. The van der Waals surface area contributed by atoms with Crippen LogP contribution in [-0.2, 0) is 21.4 Å². The molecule has 1 aromatic carbocycles. The highest BCUT2D eigenvalue weighted by Crippen LogP contribution is 2.53. The summed E-state index contributed by atoms with van der Waals surface area (Å²) in [5.41, 5.74) is 1.61. The first kappa shape index (κ1) is 24.0. The van der Waals surface area contributed by atoms with E-state index >= 15 is 0 Å². The zero-order valence-electron chi connectivity index (χ0n) is 19.6. The Balaban J connectivity index is 1.21. The summed E-state index contributed by atoms with van der Waals surface area (Å²) in [4.78, 5) is 41.3. The van der Waals surface area contributed by atoms with Gasteiger partial charge in [-0.05, 0) is 73.5 Å². The van der Waals surface area contributed by atoms with Gasteiger partial charge in [0, 0.05) is 17.6 Å². The van der Waals surface area contributed by atoms with E-state index in [2.05, 4.69) is 10.0 Å². The molecule has 3 N–H and O–H groups in total. The standard InChI is InChI=1S/C24H29ClN4O6S/c25-18-3-1-2-15-17(18)11-28(24(32)33)21(15)13-8-19(26-10-13)22(30)29(20-9-16(20)12-4-5-12)23(31)27-36(34,35)14-6-7-14/h1-3,12-14,16,19-21,26H,4-11H2,(H,27,31)(H,32,33)/t13-,16?,19+,20?,21?/m1/s1. The topological polar surface area (TPSA) is 136 Å². The summed E-state index contributed by atoms with van der Waals surface area (Å²) >= 11 is 6.34. The zero-order chi connectivity index (χ0) is 25.4. The molecule has 0 spiro atoms. The average molecular weight is 537 g/mol. The van der Waals surface area contributed by atoms with Gasteiger partial charge in [-0.15, -0.1) is 0 Å². The molecule has 0 aromatic heterocycles. The number of nitrogens with zero attached hydrogens (tertiary/aromatic N) is 2. The van der Waals surface area contributed by atoms with Crippen molar-refractivity contribution >= 4 is 39.7 Å². The van der Waals surface area contributed by atoms with E-state index in [0.29, 0.717) is 43.2 Å². The van der Waals surface area contributed by atoms with E-state index in [1.807, 2.05) is 6.07 Å². The molecule has 5 aliphatic rings. The number of fused-ring (bicyclic) bond motifs is 1. The summed E-state index contributed by atoms with van der Waals surface area (Å²) in [5.74, 6) is 0.0758. The number of carboxylic acid groups (broad SMARTS) is 1. The molecule has 5 atom stereocenters. The van der Waals surface area contributed by atoms with Gasteiger partial charge in [0.2, 0.25) is 15.9 Å². The third-order valence-corrected chi connectivity index (χ3v) is 10.5. The lowest BCUT2D eigenvalue weighted by molar-refractivity contribution is -0.130. The van der Waals surface area contributed by atoms with Gasteiger partial charge in [-0.3, -0.25) is 14.6 Å². The Morgan fingerprint density at radius 3 is 2.53 bits per heavy atom. The molecule has 36 heavy (non-hydrogen) atoms. The smallest absolute Gasteiger partial charge is 0.408 e. The van der Waals surface area contributed by atoms with Gasteiger partial charge in [-0.2, -0.15) is 0 Å². The van der Waals surface area contributed by atoms with Crippen molar-refractivity contribution in [2.75, 3.05) is 6.54 Å². The maximum Gasteiger partial charge on any atom is 0.408 e. The van der Waals surface area contributed by atoms with E-state index in [-0.39, 0.29) is 24.4 Å². The third kappa shape index (κ3) is 4.24. The van der Waals surface area contributed by atoms with Gasteiger partial charge in [0.25, 0.3) is 0 Å². The lowest BCUT2D eigenvalue weighted by Gasteiger charge is -2.28. The van der Waals surface area contributed by atoms with E-state index in [1.165, 1.54) is 4.90 Å². The van der Waals surface area contributed by atoms with Crippen molar-refractivity contribution in [3.8, 4) is 0 Å². The Bertz CT molecular complexity index is 1230. The average Bonchev–Trinajstić information content (AvgIpc) is 3.69. The number of halogens is 1. The molecule has 0 radical (unpaired) electrons. The van der Waals surface area contributed by atoms with Crippen LogP contribution in [0.25, 0.3) is 0 Å². The molecule has 2 aliphatic heterocycles. The molecule has 1 aromatic rings. The molecule has 3 unspecified atom stereocenters. The number of carbonyl (C=O) groups excluding carboxylic acids is 2. The molecule has 4 amide bonds. The normalized spacial score (nSPS) is 31.1. The van der Waals surface area contributed by atoms with Gasteiger partial charge in [0.1, 0.15) is 0 Å². The van der Waals surface area contributed by atoms with Crippen LogP contribution in [0.1, 0.15) is 55.7 Å². The summed E-state index contributed by atoms with van der Waals surface area (Å²) in [6.45, 7) is 0.576. The number of amides is 4. The third-order valence-electron chi connectivity index (χ3n) is 8.31. The number of rotatable bonds is 6. The fourth-order valence-corrected chi connectivity index (χ4v) is 7.59. The molecular weight excluding hydrogens is 508 g/mol. The monoisotopic (exact) mass is 536 g/mol. The molecule has 3 saturated carbocycles.